The first kappa shape index (κ1) is 76.4. The van der Waals surface area contributed by atoms with Gasteiger partial charge in [0.1, 0.15) is 0 Å². The van der Waals surface area contributed by atoms with Gasteiger partial charge in [-0.2, -0.15) is 0 Å². The summed E-state index contributed by atoms with van der Waals surface area (Å²) in [5.41, 5.74) is -2.89. The van der Waals surface area contributed by atoms with E-state index in [1.165, 1.54) is 212 Å². The van der Waals surface area contributed by atoms with E-state index >= 15 is 0 Å². The quantitative estimate of drug-likeness (QED) is 0.0560. The van der Waals surface area contributed by atoms with Gasteiger partial charge in [0.05, 0.1) is 0 Å². The maximum absolute atomic E-state index is 11.3. The van der Waals surface area contributed by atoms with E-state index in [-0.39, 0.29) is 63.2 Å². The molecule has 0 aromatic rings. The minimum absolute atomic E-state index is 0. The van der Waals surface area contributed by atoms with Crippen LogP contribution in [0.15, 0.2) is 0 Å². The van der Waals surface area contributed by atoms with Crippen molar-refractivity contribution in [3.8, 4) is 0 Å². The van der Waals surface area contributed by atoms with Gasteiger partial charge in [-0.05, 0) is 35.5 Å². The molecule has 0 saturated heterocycles. The summed E-state index contributed by atoms with van der Waals surface area (Å²) in [4.78, 5) is 33.8. The second-order valence-electron chi connectivity index (χ2n) is 25.3. The molecule has 0 N–H and O–H groups in total. The Labute approximate surface area is 477 Å². The van der Waals surface area contributed by atoms with E-state index in [0.717, 1.165) is 38.5 Å². The van der Waals surface area contributed by atoms with Gasteiger partial charge < -0.3 is 29.7 Å². The van der Waals surface area contributed by atoms with Gasteiger partial charge in [0, 0.05) is 34.2 Å². The Hall–Kier alpha value is -0.0705. The molecule has 0 aromatic carbocycles. The number of carbonyl (C=O) groups excluding carboxylic acids is 3. The first-order valence-electron chi connectivity index (χ1n) is 29.9. The maximum atomic E-state index is 11.3. The second kappa shape index (κ2) is 45.2. The molecule has 0 atom stereocenters. The minimum atomic E-state index is -0.929. The molecule has 0 heterocycles. The standard InChI is InChI=1S/3C21H42O2.Yb/c3*1-6-7-8-9-10-11-12-13-14-15-16-17-18-20(2,3)21(4,5)19(22)23;/h3*6-18H2,1-5H3,(H,22,23);/q;;;+3/p-3. The van der Waals surface area contributed by atoms with Gasteiger partial charge >= 0.3 is 46.9 Å². The Morgan fingerprint density at radius 2 is 0.357 bits per heavy atom. The van der Waals surface area contributed by atoms with Crippen LogP contribution in [0.25, 0.3) is 0 Å². The predicted molar refractivity (Wildman–Crippen MR) is 295 cm³/mol. The van der Waals surface area contributed by atoms with Crippen molar-refractivity contribution >= 4 is 17.9 Å². The number of hydrogen-bond donors (Lipinski definition) is 0. The van der Waals surface area contributed by atoms with Gasteiger partial charge in [-0.3, -0.25) is 0 Å². The van der Waals surface area contributed by atoms with Gasteiger partial charge in [0.2, 0.25) is 0 Å². The molecule has 6 nitrogen and oxygen atoms in total. The van der Waals surface area contributed by atoms with Crippen LogP contribution in [0, 0.1) is 79.4 Å². The number of carboxylic acids is 3. The number of unbranched alkanes of at least 4 members (excludes halogenated alkanes) is 33. The average Bonchev–Trinajstić information content (AvgIpc) is 3.27. The molecule has 70 heavy (non-hydrogen) atoms. The third-order valence-electron chi connectivity index (χ3n) is 17.6. The van der Waals surface area contributed by atoms with Crippen LogP contribution in [-0.2, 0) is 14.4 Å². The van der Waals surface area contributed by atoms with E-state index in [1.807, 2.05) is 0 Å². The zero-order valence-electron chi connectivity index (χ0n) is 49.8. The summed E-state index contributed by atoms with van der Waals surface area (Å²) in [6.45, 7) is 29.9. The van der Waals surface area contributed by atoms with E-state index < -0.39 is 34.2 Å². The molecule has 0 rings (SSSR count). The number of carboxylic acid groups (broad SMARTS) is 3. The minimum Gasteiger partial charge on any atom is -0.550 e. The van der Waals surface area contributed by atoms with Gasteiger partial charge in [-0.25, -0.2) is 0 Å². The topological polar surface area (TPSA) is 120 Å². The van der Waals surface area contributed by atoms with Crippen molar-refractivity contribution in [3.63, 3.8) is 0 Å². The Balaban J connectivity index is -0.000000463. The van der Waals surface area contributed by atoms with Crippen molar-refractivity contribution < 1.29 is 76.6 Å². The Bertz CT molecular complexity index is 1070. The summed E-state index contributed by atoms with van der Waals surface area (Å²) in [5, 5.41) is 33.8. The Morgan fingerprint density at radius 3 is 0.471 bits per heavy atom. The van der Waals surface area contributed by atoms with Gasteiger partial charge in [-0.1, -0.05) is 335 Å². The van der Waals surface area contributed by atoms with E-state index in [1.54, 1.807) is 41.5 Å². The molecule has 0 saturated carbocycles. The van der Waals surface area contributed by atoms with Crippen LogP contribution >= 0.6 is 0 Å². The fourth-order valence-corrected chi connectivity index (χ4v) is 8.99. The van der Waals surface area contributed by atoms with Crippen LogP contribution < -0.4 is 15.3 Å². The summed E-state index contributed by atoms with van der Waals surface area (Å²) in [6.07, 6.45) is 51.1. The van der Waals surface area contributed by atoms with Gasteiger partial charge in [-0.15, -0.1) is 0 Å². The summed E-state index contributed by atoms with van der Waals surface area (Å²) >= 11 is 0. The van der Waals surface area contributed by atoms with E-state index in [2.05, 4.69) is 62.3 Å². The summed E-state index contributed by atoms with van der Waals surface area (Å²) in [7, 11) is 0. The molecule has 0 aromatic heterocycles. The summed E-state index contributed by atoms with van der Waals surface area (Å²) < 4.78 is 0. The first-order valence-corrected chi connectivity index (χ1v) is 29.9. The maximum Gasteiger partial charge on any atom is 3.00 e. The van der Waals surface area contributed by atoms with E-state index in [4.69, 9.17) is 0 Å². The smallest absolute Gasteiger partial charge is 0.550 e. The third-order valence-corrected chi connectivity index (χ3v) is 17.6. The van der Waals surface area contributed by atoms with Crippen LogP contribution in [-0.4, -0.2) is 17.9 Å². The number of aliphatic carboxylic acids is 3. The van der Waals surface area contributed by atoms with Gasteiger partial charge in [0.15, 0.2) is 0 Å². The zero-order valence-corrected chi connectivity index (χ0v) is 51.5. The monoisotopic (exact) mass is 1150 g/mol. The first-order chi connectivity index (χ1) is 32.3. The Morgan fingerprint density at radius 1 is 0.243 bits per heavy atom. The van der Waals surface area contributed by atoms with Crippen molar-refractivity contribution in [1.82, 2.24) is 0 Å². The predicted octanol–water partition coefficient (Wildman–Crippen LogP) is 17.6. The molecular weight excluding hydrogens is 1030 g/mol. The fraction of sp³-hybridized carbons (Fsp3) is 0.952. The van der Waals surface area contributed by atoms with Crippen LogP contribution in [0.5, 0.6) is 0 Å². The van der Waals surface area contributed by atoms with E-state index in [0.29, 0.717) is 0 Å². The molecule has 0 unspecified atom stereocenters. The van der Waals surface area contributed by atoms with Crippen LogP contribution in [0.2, 0.25) is 0 Å². The zero-order chi connectivity index (χ0) is 53.3. The van der Waals surface area contributed by atoms with Crippen LogP contribution in [0.3, 0.4) is 0 Å². The molecule has 0 aliphatic rings. The van der Waals surface area contributed by atoms with Crippen molar-refractivity contribution in [2.45, 2.75) is 354 Å². The average molecular weight is 1150 g/mol. The molecule has 1 radical (unpaired) electrons. The van der Waals surface area contributed by atoms with Crippen molar-refractivity contribution in [2.75, 3.05) is 0 Å². The molecule has 0 fully saturated rings. The largest absolute Gasteiger partial charge is 3.00 e. The molecule has 0 aliphatic carbocycles. The van der Waals surface area contributed by atoms with Crippen LogP contribution in [0.4, 0.5) is 0 Å². The number of hydrogen-bond acceptors (Lipinski definition) is 6. The summed E-state index contributed by atoms with van der Waals surface area (Å²) in [5.74, 6) is -2.79. The van der Waals surface area contributed by atoms with Crippen molar-refractivity contribution in [1.29, 1.82) is 0 Å². The van der Waals surface area contributed by atoms with Crippen LogP contribution in [0.1, 0.15) is 354 Å². The molecule has 0 bridgehead atoms. The molecule has 7 heteroatoms. The fourth-order valence-electron chi connectivity index (χ4n) is 8.99. The second-order valence-corrected chi connectivity index (χ2v) is 25.3. The molecule has 0 aliphatic heterocycles. The van der Waals surface area contributed by atoms with Gasteiger partial charge in [0.25, 0.3) is 0 Å². The number of carbonyl (C=O) groups is 3. The van der Waals surface area contributed by atoms with Crippen molar-refractivity contribution in [3.05, 3.63) is 0 Å². The Kier molecular flexibility index (Phi) is 49.3. The molecule has 425 valence electrons. The molecular formula is C63H123O6Yb. The normalized spacial score (nSPS) is 12.4. The van der Waals surface area contributed by atoms with E-state index in [9.17, 15) is 29.7 Å². The summed E-state index contributed by atoms with van der Waals surface area (Å²) in [6, 6.07) is 0. The molecule has 0 spiro atoms. The third kappa shape index (κ3) is 37.6. The molecule has 0 amide bonds. The number of rotatable bonds is 45. The SMILES string of the molecule is CCCCCCCCCCCCCCC(C)(C)C(C)(C)C(=O)[O-].CCCCCCCCCCCCCCC(C)(C)C(C)(C)C(=O)[O-].CCCCCCCCCCCCCCC(C)(C)C(C)(C)C(=O)[O-].[Yb+3]. The van der Waals surface area contributed by atoms with Crippen molar-refractivity contribution in [2.24, 2.45) is 32.5 Å².